The van der Waals surface area contributed by atoms with E-state index >= 15 is 0 Å². The van der Waals surface area contributed by atoms with Gasteiger partial charge >= 0.3 is 0 Å². The topological polar surface area (TPSA) is 54.1 Å². The largest absolute Gasteiger partial charge is 0.310 e. The Morgan fingerprint density at radius 1 is 0.330 bits per heavy atom. The third kappa shape index (κ3) is 10.2. The van der Waals surface area contributed by atoms with Crippen molar-refractivity contribution in [2.45, 2.75) is 98.3 Å². The second-order valence-electron chi connectivity index (χ2n) is 27.4. The van der Waals surface area contributed by atoms with Crippen LogP contribution in [0.5, 0.6) is 0 Å². The predicted molar refractivity (Wildman–Crippen MR) is 373 cm³/mol. The summed E-state index contributed by atoms with van der Waals surface area (Å²) in [6, 6.07) is 92.1. The van der Waals surface area contributed by atoms with Gasteiger partial charge in [-0.2, -0.15) is 10.5 Å². The van der Waals surface area contributed by atoms with Crippen LogP contribution in [0, 0.1) is 22.7 Å². The summed E-state index contributed by atoms with van der Waals surface area (Å²) in [5.74, 6) is 0.133. The van der Waals surface area contributed by atoms with Crippen LogP contribution >= 0.6 is 0 Å². The first-order valence-electron chi connectivity index (χ1n) is 31.0. The molecule has 11 aromatic rings. The minimum atomic E-state index is -0.312. The molecule has 0 radical (unpaired) electrons. The van der Waals surface area contributed by atoms with Gasteiger partial charge in [0.15, 0.2) is 0 Å². The maximum Gasteiger partial charge on any atom is 0.252 e. The third-order valence-corrected chi connectivity index (χ3v) is 18.1. The van der Waals surface area contributed by atoms with Crippen LogP contribution in [0.4, 0.5) is 34.1 Å². The second-order valence-corrected chi connectivity index (χ2v) is 27.4. The van der Waals surface area contributed by atoms with Crippen molar-refractivity contribution in [2.75, 3.05) is 9.80 Å². The summed E-state index contributed by atoms with van der Waals surface area (Å²) >= 11 is 0. The molecule has 0 N–H and O–H groups in total. The fourth-order valence-electron chi connectivity index (χ4n) is 13.3. The van der Waals surface area contributed by atoms with E-state index in [1.807, 2.05) is 24.3 Å². The van der Waals surface area contributed by atoms with E-state index in [4.69, 9.17) is 0 Å². The molecule has 0 amide bonds. The highest BCUT2D eigenvalue weighted by Gasteiger charge is 2.47. The number of anilines is 6. The van der Waals surface area contributed by atoms with Gasteiger partial charge in [-0.25, -0.2) is 0 Å². The summed E-state index contributed by atoms with van der Waals surface area (Å²) in [4.78, 5) is 5.33. The van der Waals surface area contributed by atoms with Crippen LogP contribution in [0.1, 0.15) is 115 Å². The standard InChI is InChI=1S/C83H73BN4/c1-53(2)66-50-75-73(49-67(66)61-38-34-55(52-86)35-39-61)84-72-41-40-62(56-36-32-54(51-85)33-37-56)42-74(72)87(79-68(57-24-16-12-17-25-57)43-63(81(3,4)5)44-69(79)58-26-18-13-19-27-58)76-47-65(83(9,10)11)48-77(78(76)84)88(75)80-70(59-28-20-14-21-29-59)45-64(82(6,7)8)46-71(80)60-30-22-15-23-31-60/h12-50,53H,1-11H3. The molecule has 0 fully saturated rings. The van der Waals surface area contributed by atoms with E-state index in [0.29, 0.717) is 11.1 Å². The van der Waals surface area contributed by atoms with Crippen molar-refractivity contribution >= 4 is 57.2 Å². The Bertz CT molecular complexity index is 4450. The molecule has 13 rings (SSSR count). The van der Waals surface area contributed by atoms with Gasteiger partial charge in [0.1, 0.15) is 0 Å². The van der Waals surface area contributed by atoms with Gasteiger partial charge in [0.05, 0.1) is 34.6 Å². The van der Waals surface area contributed by atoms with Crippen molar-refractivity contribution in [1.82, 2.24) is 0 Å². The lowest BCUT2D eigenvalue weighted by atomic mass is 9.33. The number of nitriles is 2. The molecule has 88 heavy (non-hydrogen) atoms. The summed E-state index contributed by atoms with van der Waals surface area (Å²) in [6.07, 6.45) is 0. The molecule has 0 aromatic heterocycles. The van der Waals surface area contributed by atoms with E-state index in [-0.39, 0.29) is 28.9 Å². The zero-order valence-corrected chi connectivity index (χ0v) is 52.5. The van der Waals surface area contributed by atoms with E-state index < -0.39 is 0 Å². The Labute approximate surface area is 521 Å². The van der Waals surface area contributed by atoms with E-state index in [2.05, 4.69) is 310 Å². The molecule has 4 nitrogen and oxygen atoms in total. The predicted octanol–water partition coefficient (Wildman–Crippen LogP) is 20.5. The van der Waals surface area contributed by atoms with Crippen molar-refractivity contribution < 1.29 is 0 Å². The van der Waals surface area contributed by atoms with Crippen molar-refractivity contribution in [2.24, 2.45) is 0 Å². The first-order chi connectivity index (χ1) is 42.3. The minimum absolute atomic E-state index is 0.133. The lowest BCUT2D eigenvalue weighted by Crippen LogP contribution is -2.61. The summed E-state index contributed by atoms with van der Waals surface area (Å²) in [5.41, 5.74) is 29.3. The molecule has 0 aliphatic carbocycles. The third-order valence-electron chi connectivity index (χ3n) is 18.1. The minimum Gasteiger partial charge on any atom is -0.310 e. The second kappa shape index (κ2) is 22.1. The van der Waals surface area contributed by atoms with E-state index in [0.717, 1.165) is 101 Å². The SMILES string of the molecule is CC(C)c1cc2c(cc1-c1ccc(C#N)cc1)B1c3ccc(-c4ccc(C#N)cc4)cc3N(c3c(-c4ccccc4)cc(C(C)(C)C)cc3-c3ccccc3)c3cc(C(C)(C)C)cc(c31)N2c1c(-c2ccccc2)cc(C(C)(C)C)cc1-c1ccccc1. The molecule has 0 atom stereocenters. The highest BCUT2D eigenvalue weighted by molar-refractivity contribution is 7.00. The molecule has 428 valence electrons. The van der Waals surface area contributed by atoms with E-state index in [1.54, 1.807) is 0 Å². The fraction of sp³-hybridized carbons (Fsp3) is 0.181. The number of rotatable bonds is 9. The number of fused-ring (bicyclic) bond motifs is 4. The number of nitrogens with zero attached hydrogens (tertiary/aromatic N) is 4. The maximum absolute atomic E-state index is 10.1. The smallest absolute Gasteiger partial charge is 0.252 e. The van der Waals surface area contributed by atoms with E-state index in [1.165, 1.54) is 38.6 Å². The lowest BCUT2D eigenvalue weighted by Gasteiger charge is -2.47. The van der Waals surface area contributed by atoms with Gasteiger partial charge < -0.3 is 9.80 Å². The molecule has 2 aliphatic heterocycles. The average molecular weight is 1140 g/mol. The summed E-state index contributed by atoms with van der Waals surface area (Å²) in [7, 11) is 0. The van der Waals surface area contributed by atoms with Crippen LogP contribution in [0.25, 0.3) is 66.8 Å². The highest BCUT2D eigenvalue weighted by atomic mass is 15.2. The van der Waals surface area contributed by atoms with Crippen molar-refractivity contribution in [1.29, 1.82) is 10.5 Å². The van der Waals surface area contributed by atoms with Crippen LogP contribution < -0.4 is 26.2 Å². The fourth-order valence-corrected chi connectivity index (χ4v) is 13.3. The van der Waals surface area contributed by atoms with Crippen LogP contribution in [-0.4, -0.2) is 6.71 Å². The van der Waals surface area contributed by atoms with Crippen molar-refractivity contribution in [3.63, 3.8) is 0 Å². The highest BCUT2D eigenvalue weighted by Crippen LogP contribution is 2.56. The molecule has 2 aliphatic rings. The maximum atomic E-state index is 10.1. The molecular weight excluding hydrogens is 1060 g/mol. The van der Waals surface area contributed by atoms with Crippen LogP contribution in [0.15, 0.2) is 237 Å². The Balaban J connectivity index is 1.26. The van der Waals surface area contributed by atoms with Gasteiger partial charge in [0, 0.05) is 45.0 Å². The summed E-state index contributed by atoms with van der Waals surface area (Å²) in [6.45, 7) is 25.4. The molecular formula is C83H73BN4. The van der Waals surface area contributed by atoms with Crippen molar-refractivity contribution in [3.05, 3.63) is 270 Å². The zero-order valence-electron chi connectivity index (χ0n) is 52.5. The van der Waals surface area contributed by atoms with Crippen molar-refractivity contribution in [3.8, 4) is 78.9 Å². The zero-order chi connectivity index (χ0) is 61.4. The first kappa shape index (κ1) is 57.2. The number of benzene rings is 11. The Kier molecular flexibility index (Phi) is 14.3. The molecule has 2 heterocycles. The van der Waals surface area contributed by atoms with Gasteiger partial charge in [0.25, 0.3) is 6.71 Å². The molecule has 11 aromatic carbocycles. The molecule has 0 saturated carbocycles. The van der Waals surface area contributed by atoms with Gasteiger partial charge in [-0.1, -0.05) is 240 Å². The molecule has 0 bridgehead atoms. The van der Waals surface area contributed by atoms with Crippen LogP contribution in [0.3, 0.4) is 0 Å². The molecule has 5 heteroatoms. The average Bonchev–Trinajstić information content (AvgIpc) is 0.696. The Morgan fingerprint density at radius 2 is 0.670 bits per heavy atom. The summed E-state index contributed by atoms with van der Waals surface area (Å²) in [5, 5.41) is 20.2. The summed E-state index contributed by atoms with van der Waals surface area (Å²) < 4.78 is 0. The van der Waals surface area contributed by atoms with Crippen LogP contribution in [0.2, 0.25) is 0 Å². The normalized spacial score (nSPS) is 12.7. The quantitative estimate of drug-likeness (QED) is 0.135. The monoisotopic (exact) mass is 1140 g/mol. The van der Waals surface area contributed by atoms with E-state index in [9.17, 15) is 10.5 Å². The van der Waals surface area contributed by atoms with Gasteiger partial charge in [-0.05, 0) is 178 Å². The molecule has 0 saturated heterocycles. The van der Waals surface area contributed by atoms with Gasteiger partial charge in [0.2, 0.25) is 0 Å². The molecule has 0 spiro atoms. The van der Waals surface area contributed by atoms with Gasteiger partial charge in [-0.3, -0.25) is 0 Å². The lowest BCUT2D eigenvalue weighted by molar-refractivity contribution is 0.590. The van der Waals surface area contributed by atoms with Gasteiger partial charge in [-0.15, -0.1) is 0 Å². The molecule has 0 unspecified atom stereocenters. The Morgan fingerprint density at radius 3 is 1.03 bits per heavy atom. The number of hydrogen-bond acceptors (Lipinski definition) is 4. The van der Waals surface area contributed by atoms with Crippen LogP contribution in [-0.2, 0) is 16.2 Å². The number of hydrogen-bond donors (Lipinski definition) is 0. The first-order valence-corrected chi connectivity index (χ1v) is 31.0. The Hall–Kier alpha value is -9.94.